The Balaban J connectivity index is 2.47. The third-order valence-electron chi connectivity index (χ3n) is 4.22. The van der Waals surface area contributed by atoms with Crippen LogP contribution in [0.5, 0.6) is 0 Å². The lowest BCUT2D eigenvalue weighted by atomic mass is 9.77. The van der Waals surface area contributed by atoms with Crippen molar-refractivity contribution >= 4 is 27.9 Å². The molecule has 0 bridgehead atoms. The summed E-state index contributed by atoms with van der Waals surface area (Å²) in [5.41, 5.74) is 6.57. The Morgan fingerprint density at radius 2 is 1.62 bits per heavy atom. The molecule has 2 aromatic carbocycles. The summed E-state index contributed by atoms with van der Waals surface area (Å²) in [6.07, 6.45) is 0.913. The summed E-state index contributed by atoms with van der Waals surface area (Å²) in [5.74, 6) is -2.85. The number of rotatable bonds is 7. The second kappa shape index (κ2) is 8.29. The van der Waals surface area contributed by atoms with Gasteiger partial charge in [-0.15, -0.1) is 0 Å². The summed E-state index contributed by atoms with van der Waals surface area (Å²) in [7, 11) is 0. The Morgan fingerprint density at radius 3 is 2.12 bits per heavy atom. The molecule has 6 heteroatoms. The van der Waals surface area contributed by atoms with E-state index < -0.39 is 17.5 Å². The average Bonchev–Trinajstić information content (AvgIpc) is 2.59. The predicted molar refractivity (Wildman–Crippen MR) is 103 cm³/mol. The largest absolute Gasteiger partial charge is 0.478 e. The van der Waals surface area contributed by atoms with E-state index in [1.54, 1.807) is 6.92 Å². The van der Waals surface area contributed by atoms with Gasteiger partial charge in [0.15, 0.2) is 0 Å². The van der Waals surface area contributed by atoms with Crippen LogP contribution in [0.1, 0.15) is 30.4 Å². The fraction of sp³-hybridized carbons (Fsp3) is 0.200. The monoisotopic (exact) mass is 417 g/mol. The van der Waals surface area contributed by atoms with Crippen molar-refractivity contribution in [1.82, 2.24) is 0 Å². The van der Waals surface area contributed by atoms with E-state index in [4.69, 9.17) is 10.8 Å². The first-order valence-electron chi connectivity index (χ1n) is 7.98. The van der Waals surface area contributed by atoms with Crippen LogP contribution in [0.4, 0.5) is 0 Å². The van der Waals surface area contributed by atoms with Gasteiger partial charge in [0, 0.05) is 22.0 Å². The number of hydrogen-bond acceptors (Lipinski definition) is 3. The van der Waals surface area contributed by atoms with Gasteiger partial charge in [-0.05, 0) is 36.6 Å². The molecule has 26 heavy (non-hydrogen) atoms. The highest BCUT2D eigenvalue weighted by Gasteiger charge is 2.34. The molecule has 2 unspecified atom stereocenters. The van der Waals surface area contributed by atoms with Gasteiger partial charge in [-0.2, -0.15) is 0 Å². The topological polar surface area (TPSA) is 101 Å². The summed E-state index contributed by atoms with van der Waals surface area (Å²) in [6.45, 7) is 1.55. The summed E-state index contributed by atoms with van der Waals surface area (Å²) >= 11 is 3.40. The minimum atomic E-state index is -1.34. The Bertz CT molecular complexity index is 813. The first-order valence-corrected chi connectivity index (χ1v) is 8.77. The second-order valence-corrected chi connectivity index (χ2v) is 7.25. The molecule has 0 aliphatic rings. The van der Waals surface area contributed by atoms with Crippen LogP contribution >= 0.6 is 15.9 Å². The van der Waals surface area contributed by atoms with Crippen molar-refractivity contribution in [1.29, 1.82) is 0 Å². The van der Waals surface area contributed by atoms with Crippen molar-refractivity contribution < 1.29 is 19.8 Å². The van der Waals surface area contributed by atoms with E-state index in [1.165, 1.54) is 0 Å². The fourth-order valence-corrected chi connectivity index (χ4v) is 3.20. The number of carboxylic acid groups (broad SMARTS) is 2. The van der Waals surface area contributed by atoms with E-state index in [0.29, 0.717) is 6.08 Å². The van der Waals surface area contributed by atoms with E-state index in [9.17, 15) is 14.7 Å². The van der Waals surface area contributed by atoms with E-state index in [0.717, 1.165) is 15.6 Å². The average molecular weight is 418 g/mol. The SMILES string of the molecule is CC(N)(CC(c1ccccc1)c1ccc(Br)cc1)/C(=C\C(=O)O)C(=O)O. The maximum absolute atomic E-state index is 11.6. The third-order valence-corrected chi connectivity index (χ3v) is 4.74. The van der Waals surface area contributed by atoms with Gasteiger partial charge in [-0.1, -0.05) is 58.4 Å². The molecule has 2 atom stereocenters. The summed E-state index contributed by atoms with van der Waals surface area (Å²) < 4.78 is 0.931. The van der Waals surface area contributed by atoms with Crippen molar-refractivity contribution in [2.45, 2.75) is 24.8 Å². The molecule has 0 amide bonds. The lowest BCUT2D eigenvalue weighted by molar-refractivity contribution is -0.135. The molecule has 0 aliphatic heterocycles. The molecule has 0 heterocycles. The highest BCUT2D eigenvalue weighted by Crippen LogP contribution is 2.35. The number of halogens is 1. The van der Waals surface area contributed by atoms with Crippen LogP contribution in [0.15, 0.2) is 70.7 Å². The van der Waals surface area contributed by atoms with Crippen LogP contribution in [-0.4, -0.2) is 27.7 Å². The molecule has 0 aromatic heterocycles. The molecular weight excluding hydrogens is 398 g/mol. The molecule has 5 nitrogen and oxygen atoms in total. The Morgan fingerprint density at radius 1 is 1.08 bits per heavy atom. The minimum Gasteiger partial charge on any atom is -0.478 e. The standard InChI is InChI=1S/C20H20BrNO4/c1-20(22,17(19(25)26)11-18(23)24)12-16(13-5-3-2-4-6-13)14-7-9-15(21)10-8-14/h2-11,16H,12,22H2,1H3,(H,23,24)(H,25,26)/b17-11-. The molecule has 0 saturated heterocycles. The fourth-order valence-electron chi connectivity index (χ4n) is 2.94. The van der Waals surface area contributed by atoms with Crippen LogP contribution in [0.2, 0.25) is 0 Å². The normalized spacial score (nSPS) is 15.1. The first-order chi connectivity index (χ1) is 12.2. The van der Waals surface area contributed by atoms with Crippen LogP contribution in [0.25, 0.3) is 0 Å². The lowest BCUT2D eigenvalue weighted by Gasteiger charge is -2.31. The smallest absolute Gasteiger partial charge is 0.333 e. The molecule has 4 N–H and O–H groups in total. The van der Waals surface area contributed by atoms with Crippen molar-refractivity contribution in [3.63, 3.8) is 0 Å². The number of aliphatic carboxylic acids is 2. The third kappa shape index (κ3) is 5.03. The maximum atomic E-state index is 11.6. The zero-order chi connectivity index (χ0) is 19.3. The molecule has 0 radical (unpaired) electrons. The zero-order valence-corrected chi connectivity index (χ0v) is 15.8. The Kier molecular flexibility index (Phi) is 6.34. The van der Waals surface area contributed by atoms with E-state index in [-0.39, 0.29) is 17.9 Å². The first kappa shape index (κ1) is 19.9. The molecular formula is C20H20BrNO4. The van der Waals surface area contributed by atoms with Crippen molar-refractivity contribution in [2.75, 3.05) is 0 Å². The number of hydrogen-bond donors (Lipinski definition) is 3. The van der Waals surface area contributed by atoms with E-state index in [1.807, 2.05) is 54.6 Å². The van der Waals surface area contributed by atoms with Crippen LogP contribution < -0.4 is 5.73 Å². The lowest BCUT2D eigenvalue weighted by Crippen LogP contribution is -2.43. The van der Waals surface area contributed by atoms with Gasteiger partial charge in [0.25, 0.3) is 0 Å². The summed E-state index contributed by atoms with van der Waals surface area (Å²) in [4.78, 5) is 22.6. The molecule has 0 fully saturated rings. The van der Waals surface area contributed by atoms with Gasteiger partial charge in [-0.25, -0.2) is 9.59 Å². The van der Waals surface area contributed by atoms with Gasteiger partial charge in [0.2, 0.25) is 0 Å². The summed E-state index contributed by atoms with van der Waals surface area (Å²) in [6, 6.07) is 17.3. The second-order valence-electron chi connectivity index (χ2n) is 6.34. The molecule has 0 saturated carbocycles. The minimum absolute atomic E-state index is 0.184. The molecule has 0 spiro atoms. The van der Waals surface area contributed by atoms with E-state index in [2.05, 4.69) is 15.9 Å². The van der Waals surface area contributed by atoms with Crippen LogP contribution in [0.3, 0.4) is 0 Å². The van der Waals surface area contributed by atoms with Crippen LogP contribution in [0, 0.1) is 0 Å². The van der Waals surface area contributed by atoms with Crippen molar-refractivity contribution in [3.05, 3.63) is 81.8 Å². The number of nitrogens with two attached hydrogens (primary N) is 1. The van der Waals surface area contributed by atoms with Gasteiger partial charge in [0.1, 0.15) is 0 Å². The van der Waals surface area contributed by atoms with Gasteiger partial charge in [-0.3, -0.25) is 0 Å². The van der Waals surface area contributed by atoms with Crippen LogP contribution in [-0.2, 0) is 9.59 Å². The van der Waals surface area contributed by atoms with Crippen molar-refractivity contribution in [3.8, 4) is 0 Å². The van der Waals surface area contributed by atoms with E-state index >= 15 is 0 Å². The van der Waals surface area contributed by atoms with Gasteiger partial charge < -0.3 is 15.9 Å². The zero-order valence-electron chi connectivity index (χ0n) is 14.2. The number of carbonyl (C=O) groups is 2. The highest BCUT2D eigenvalue weighted by molar-refractivity contribution is 9.10. The highest BCUT2D eigenvalue weighted by atomic mass is 79.9. The number of benzene rings is 2. The predicted octanol–water partition coefficient (Wildman–Crippen LogP) is 3.78. The van der Waals surface area contributed by atoms with Gasteiger partial charge >= 0.3 is 11.9 Å². The maximum Gasteiger partial charge on any atom is 0.333 e. The summed E-state index contributed by atoms with van der Waals surface area (Å²) in [5, 5.41) is 18.4. The quantitative estimate of drug-likeness (QED) is 0.594. The Labute approximate surface area is 160 Å². The molecule has 136 valence electrons. The molecule has 2 aromatic rings. The Hall–Kier alpha value is -2.44. The molecule has 2 rings (SSSR count). The van der Waals surface area contributed by atoms with Crippen molar-refractivity contribution in [2.24, 2.45) is 5.73 Å². The van der Waals surface area contributed by atoms with Gasteiger partial charge in [0.05, 0.1) is 5.57 Å². The number of carboxylic acids is 2. The molecule has 0 aliphatic carbocycles.